The van der Waals surface area contributed by atoms with Crippen LogP contribution in [0.25, 0.3) is 0 Å². The molecule has 6 nitrogen and oxygen atoms in total. The van der Waals surface area contributed by atoms with Gasteiger partial charge in [-0.15, -0.1) is 11.3 Å². The van der Waals surface area contributed by atoms with Gasteiger partial charge in [0, 0.05) is 24.3 Å². The molecule has 1 aromatic carbocycles. The van der Waals surface area contributed by atoms with Crippen molar-refractivity contribution in [1.29, 1.82) is 0 Å². The van der Waals surface area contributed by atoms with Gasteiger partial charge in [0.2, 0.25) is 15.9 Å². The number of nitrogens with one attached hydrogen (secondary N) is 1. The molecule has 0 spiro atoms. The number of rotatable bonds is 5. The van der Waals surface area contributed by atoms with Crippen molar-refractivity contribution in [3.8, 4) is 0 Å². The standard InChI is InChI=1S/C20H25N3O3S2/c1-14-6-8-16(9-7-14)28(25,26)23-11-10-17-18(13-23)27-20(21-17)22-19(24)12-15-4-2-3-5-15/h6-9,15H,2-5,10-13H2,1H3,(H,21,22,24). The molecule has 1 aliphatic heterocycles. The van der Waals surface area contributed by atoms with Crippen molar-refractivity contribution < 1.29 is 13.2 Å². The first-order chi connectivity index (χ1) is 13.4. The predicted molar refractivity (Wildman–Crippen MR) is 110 cm³/mol. The summed E-state index contributed by atoms with van der Waals surface area (Å²) in [6.07, 6.45) is 5.82. The molecule has 1 aliphatic carbocycles. The Kier molecular flexibility index (Phi) is 5.53. The van der Waals surface area contributed by atoms with Crippen LogP contribution in [-0.4, -0.2) is 30.2 Å². The number of hydrogen-bond donors (Lipinski definition) is 1. The highest BCUT2D eigenvalue weighted by molar-refractivity contribution is 7.89. The molecule has 1 aromatic heterocycles. The molecule has 1 saturated carbocycles. The molecule has 4 rings (SSSR count). The lowest BCUT2D eigenvalue weighted by molar-refractivity contribution is -0.117. The number of aryl methyl sites for hydroxylation is 1. The van der Waals surface area contributed by atoms with Crippen molar-refractivity contribution in [3.05, 3.63) is 40.4 Å². The Morgan fingerprint density at radius 3 is 2.68 bits per heavy atom. The number of fused-ring (bicyclic) bond motifs is 1. The van der Waals surface area contributed by atoms with Crippen molar-refractivity contribution in [2.45, 2.75) is 56.9 Å². The highest BCUT2D eigenvalue weighted by Gasteiger charge is 2.30. The molecule has 2 aliphatic rings. The van der Waals surface area contributed by atoms with E-state index >= 15 is 0 Å². The molecule has 150 valence electrons. The zero-order valence-corrected chi connectivity index (χ0v) is 17.6. The third-order valence-electron chi connectivity index (χ3n) is 5.55. The van der Waals surface area contributed by atoms with Gasteiger partial charge in [-0.2, -0.15) is 4.31 Å². The van der Waals surface area contributed by atoms with Crippen molar-refractivity contribution >= 4 is 32.4 Å². The van der Waals surface area contributed by atoms with Gasteiger partial charge in [-0.3, -0.25) is 4.79 Å². The first-order valence-corrected chi connectivity index (χ1v) is 12.0. The van der Waals surface area contributed by atoms with Gasteiger partial charge in [0.1, 0.15) is 0 Å². The molecule has 1 N–H and O–H groups in total. The fourth-order valence-electron chi connectivity index (χ4n) is 3.94. The predicted octanol–water partition coefficient (Wildman–Crippen LogP) is 3.72. The number of aromatic nitrogens is 1. The topological polar surface area (TPSA) is 79.4 Å². The number of hydrogen-bond acceptors (Lipinski definition) is 5. The van der Waals surface area contributed by atoms with Crippen molar-refractivity contribution in [1.82, 2.24) is 9.29 Å². The summed E-state index contributed by atoms with van der Waals surface area (Å²) >= 11 is 1.39. The highest BCUT2D eigenvalue weighted by Crippen LogP contribution is 2.32. The molecule has 1 amide bonds. The third kappa shape index (κ3) is 4.14. The number of benzene rings is 1. The molecular weight excluding hydrogens is 394 g/mol. The largest absolute Gasteiger partial charge is 0.302 e. The van der Waals surface area contributed by atoms with Crippen LogP contribution in [-0.2, 0) is 27.8 Å². The maximum absolute atomic E-state index is 12.9. The fraction of sp³-hybridized carbons (Fsp3) is 0.500. The fourth-order valence-corrected chi connectivity index (χ4v) is 6.47. The van der Waals surface area contributed by atoms with Crippen molar-refractivity contribution in [2.75, 3.05) is 11.9 Å². The van der Waals surface area contributed by atoms with Crippen LogP contribution in [0.5, 0.6) is 0 Å². The van der Waals surface area contributed by atoms with Crippen molar-refractivity contribution in [3.63, 3.8) is 0 Å². The molecule has 8 heteroatoms. The van der Waals surface area contributed by atoms with Crippen LogP contribution in [0, 0.1) is 12.8 Å². The summed E-state index contributed by atoms with van der Waals surface area (Å²) < 4.78 is 27.4. The van der Waals surface area contributed by atoms with E-state index in [0.29, 0.717) is 41.9 Å². The summed E-state index contributed by atoms with van der Waals surface area (Å²) in [5.74, 6) is 0.506. The van der Waals surface area contributed by atoms with Gasteiger partial charge in [0.25, 0.3) is 0 Å². The van der Waals surface area contributed by atoms with Crippen LogP contribution in [0.2, 0.25) is 0 Å². The number of sulfonamides is 1. The van der Waals surface area contributed by atoms with E-state index in [0.717, 1.165) is 29.0 Å². The van der Waals surface area contributed by atoms with Gasteiger partial charge in [-0.25, -0.2) is 13.4 Å². The summed E-state index contributed by atoms with van der Waals surface area (Å²) in [5.41, 5.74) is 1.93. The maximum Gasteiger partial charge on any atom is 0.243 e. The Bertz CT molecular complexity index is 961. The second-order valence-electron chi connectivity index (χ2n) is 7.69. The monoisotopic (exact) mass is 419 g/mol. The third-order valence-corrected chi connectivity index (χ3v) is 8.41. The zero-order valence-electron chi connectivity index (χ0n) is 16.0. The number of anilines is 1. The van der Waals surface area contributed by atoms with E-state index in [4.69, 9.17) is 0 Å². The average Bonchev–Trinajstić information content (AvgIpc) is 3.30. The first-order valence-electron chi connectivity index (χ1n) is 9.77. The van der Waals surface area contributed by atoms with E-state index in [9.17, 15) is 13.2 Å². The summed E-state index contributed by atoms with van der Waals surface area (Å²) in [6.45, 7) is 2.65. The smallest absolute Gasteiger partial charge is 0.243 e. The molecule has 2 heterocycles. The number of amides is 1. The van der Waals surface area contributed by atoms with Crippen LogP contribution in [0.1, 0.15) is 48.2 Å². The summed E-state index contributed by atoms with van der Waals surface area (Å²) in [6, 6.07) is 6.93. The molecule has 0 atom stereocenters. The van der Waals surface area contributed by atoms with Crippen LogP contribution in [0.15, 0.2) is 29.2 Å². The van der Waals surface area contributed by atoms with E-state index in [-0.39, 0.29) is 5.91 Å². The van der Waals surface area contributed by atoms with Crippen LogP contribution in [0.3, 0.4) is 0 Å². The zero-order chi connectivity index (χ0) is 19.7. The van der Waals surface area contributed by atoms with E-state index in [1.165, 1.54) is 28.5 Å². The molecule has 0 bridgehead atoms. The minimum absolute atomic E-state index is 0.0159. The van der Waals surface area contributed by atoms with E-state index in [1.54, 1.807) is 12.1 Å². The molecule has 0 radical (unpaired) electrons. The summed E-state index contributed by atoms with van der Waals surface area (Å²) in [7, 11) is -3.53. The van der Waals surface area contributed by atoms with E-state index in [2.05, 4.69) is 10.3 Å². The number of carbonyl (C=O) groups excluding carboxylic acids is 1. The Labute approximate surface area is 170 Å². The highest BCUT2D eigenvalue weighted by atomic mass is 32.2. The molecule has 1 fully saturated rings. The van der Waals surface area contributed by atoms with Crippen molar-refractivity contribution in [2.24, 2.45) is 5.92 Å². The lowest BCUT2D eigenvalue weighted by Crippen LogP contribution is -2.35. The van der Waals surface area contributed by atoms with Gasteiger partial charge >= 0.3 is 0 Å². The van der Waals surface area contributed by atoms with E-state index in [1.807, 2.05) is 19.1 Å². The second-order valence-corrected chi connectivity index (χ2v) is 10.7. The van der Waals surface area contributed by atoms with Gasteiger partial charge in [0.15, 0.2) is 5.13 Å². The van der Waals surface area contributed by atoms with Crippen LogP contribution >= 0.6 is 11.3 Å². The first kappa shape index (κ1) is 19.5. The number of thiazole rings is 1. The second kappa shape index (κ2) is 7.93. The summed E-state index contributed by atoms with van der Waals surface area (Å²) in [5, 5.41) is 3.50. The molecule has 2 aromatic rings. The van der Waals surface area contributed by atoms with Crippen LogP contribution in [0.4, 0.5) is 5.13 Å². The van der Waals surface area contributed by atoms with E-state index < -0.39 is 10.0 Å². The molecular formula is C20H25N3O3S2. The van der Waals surface area contributed by atoms with Gasteiger partial charge in [-0.05, 0) is 37.8 Å². The molecule has 0 saturated heterocycles. The Morgan fingerprint density at radius 1 is 1.25 bits per heavy atom. The quantitative estimate of drug-likeness (QED) is 0.801. The van der Waals surface area contributed by atoms with Gasteiger partial charge < -0.3 is 5.32 Å². The molecule has 0 unspecified atom stereocenters. The summed E-state index contributed by atoms with van der Waals surface area (Å²) in [4.78, 5) is 18.0. The number of carbonyl (C=O) groups is 1. The minimum atomic E-state index is -3.53. The molecule has 28 heavy (non-hydrogen) atoms. The lowest BCUT2D eigenvalue weighted by atomic mass is 10.0. The normalized spacial score (nSPS) is 18.2. The SMILES string of the molecule is Cc1ccc(S(=O)(=O)N2CCc3nc(NC(=O)CC4CCCC4)sc3C2)cc1. The van der Waals surface area contributed by atoms with Gasteiger partial charge in [0.05, 0.1) is 17.1 Å². The number of nitrogens with zero attached hydrogens (tertiary/aromatic N) is 2. The Hall–Kier alpha value is -1.77. The average molecular weight is 420 g/mol. The maximum atomic E-state index is 12.9. The van der Waals surface area contributed by atoms with Gasteiger partial charge in [-0.1, -0.05) is 30.5 Å². The Balaban J connectivity index is 1.44. The Morgan fingerprint density at radius 2 is 1.96 bits per heavy atom. The van der Waals surface area contributed by atoms with Crippen LogP contribution < -0.4 is 5.32 Å². The minimum Gasteiger partial charge on any atom is -0.302 e. The lowest BCUT2D eigenvalue weighted by Gasteiger charge is -2.25.